The number of hydrogen-bond acceptors (Lipinski definition) is 5. The monoisotopic (exact) mass is 440 g/mol. The van der Waals surface area contributed by atoms with Crippen molar-refractivity contribution in [1.29, 1.82) is 0 Å². The Kier molecular flexibility index (Phi) is 5.43. The first kappa shape index (κ1) is 20.6. The number of rotatable bonds is 4. The van der Waals surface area contributed by atoms with Gasteiger partial charge >= 0.3 is 0 Å². The summed E-state index contributed by atoms with van der Waals surface area (Å²) in [5.41, 5.74) is 3.77. The van der Waals surface area contributed by atoms with Crippen molar-refractivity contribution in [2.75, 3.05) is 10.6 Å². The third-order valence-electron chi connectivity index (χ3n) is 4.95. The third-order valence-corrected chi connectivity index (χ3v) is 5.38. The van der Waals surface area contributed by atoms with Gasteiger partial charge in [-0.2, -0.15) is 4.98 Å². The molecular formula is C23H22Cl2N4O. The molecule has 1 aliphatic rings. The molecule has 4 rings (SSSR count). The molecule has 0 amide bonds. The molecule has 0 aliphatic heterocycles. The molecule has 30 heavy (non-hydrogen) atoms. The Hall–Kier alpha value is -2.63. The van der Waals surface area contributed by atoms with E-state index in [-0.39, 0.29) is 11.2 Å². The molecule has 0 fully saturated rings. The lowest BCUT2D eigenvalue weighted by Crippen LogP contribution is -2.29. The highest BCUT2D eigenvalue weighted by Gasteiger charge is 2.35. The molecule has 0 saturated carbocycles. The molecule has 0 unspecified atom stereocenters. The van der Waals surface area contributed by atoms with Gasteiger partial charge in [-0.3, -0.25) is 4.79 Å². The van der Waals surface area contributed by atoms with E-state index in [4.69, 9.17) is 23.2 Å². The topological polar surface area (TPSA) is 66.9 Å². The first-order valence-electron chi connectivity index (χ1n) is 9.69. The van der Waals surface area contributed by atoms with Crippen molar-refractivity contribution in [1.82, 2.24) is 9.97 Å². The van der Waals surface area contributed by atoms with Crippen molar-refractivity contribution < 1.29 is 4.79 Å². The van der Waals surface area contributed by atoms with Crippen molar-refractivity contribution in [3.63, 3.8) is 0 Å². The van der Waals surface area contributed by atoms with Gasteiger partial charge in [-0.05, 0) is 54.7 Å². The van der Waals surface area contributed by atoms with Crippen LogP contribution in [0.3, 0.4) is 0 Å². The molecule has 7 heteroatoms. The predicted octanol–water partition coefficient (Wildman–Crippen LogP) is 6.73. The zero-order valence-electron chi connectivity index (χ0n) is 17.0. The van der Waals surface area contributed by atoms with E-state index in [2.05, 4.69) is 34.4 Å². The summed E-state index contributed by atoms with van der Waals surface area (Å²) < 4.78 is 0. The Balaban J connectivity index is 1.79. The lowest BCUT2D eigenvalue weighted by molar-refractivity contribution is 0.0911. The molecule has 2 N–H and O–H groups in total. The minimum atomic E-state index is -0.157. The molecular weight excluding hydrogens is 419 g/mol. The first-order chi connectivity index (χ1) is 14.2. The molecule has 5 nitrogen and oxygen atoms in total. The summed E-state index contributed by atoms with van der Waals surface area (Å²) >= 11 is 12.3. The normalized spacial score (nSPS) is 14.9. The molecule has 0 radical (unpaired) electrons. The van der Waals surface area contributed by atoms with E-state index in [9.17, 15) is 4.79 Å². The van der Waals surface area contributed by atoms with Gasteiger partial charge in [0.2, 0.25) is 5.95 Å². The highest BCUT2D eigenvalue weighted by molar-refractivity contribution is 6.35. The van der Waals surface area contributed by atoms with E-state index in [0.717, 1.165) is 16.9 Å². The van der Waals surface area contributed by atoms with Crippen LogP contribution in [0.5, 0.6) is 0 Å². The van der Waals surface area contributed by atoms with Gasteiger partial charge in [0.1, 0.15) is 5.82 Å². The van der Waals surface area contributed by atoms with Crippen LogP contribution in [0.2, 0.25) is 10.0 Å². The second-order valence-corrected chi connectivity index (χ2v) is 9.31. The molecule has 154 valence electrons. The van der Waals surface area contributed by atoms with Crippen LogP contribution in [-0.2, 0) is 6.42 Å². The maximum absolute atomic E-state index is 13.0. The average molecular weight is 441 g/mol. The smallest absolute Gasteiger partial charge is 0.229 e. The van der Waals surface area contributed by atoms with Gasteiger partial charge in [0.05, 0.1) is 11.3 Å². The van der Waals surface area contributed by atoms with Crippen LogP contribution in [0.4, 0.5) is 23.1 Å². The first-order valence-corrected chi connectivity index (χ1v) is 10.5. The number of carbonyl (C=O) groups excluding carboxylic acids is 1. The van der Waals surface area contributed by atoms with Crippen molar-refractivity contribution in [2.45, 2.75) is 33.6 Å². The second kappa shape index (κ2) is 7.89. The molecule has 3 aromatic rings. The van der Waals surface area contributed by atoms with Crippen LogP contribution < -0.4 is 10.6 Å². The van der Waals surface area contributed by atoms with E-state index in [1.807, 2.05) is 31.2 Å². The summed E-state index contributed by atoms with van der Waals surface area (Å²) in [6.45, 7) is 6.18. The number of benzene rings is 2. The van der Waals surface area contributed by atoms with Gasteiger partial charge in [-0.15, -0.1) is 0 Å². The van der Waals surface area contributed by atoms with Crippen LogP contribution >= 0.6 is 23.2 Å². The fraction of sp³-hybridized carbons (Fsp3) is 0.261. The number of aromatic nitrogens is 2. The van der Waals surface area contributed by atoms with Gasteiger partial charge < -0.3 is 10.6 Å². The van der Waals surface area contributed by atoms with Gasteiger partial charge in [0, 0.05) is 27.8 Å². The lowest BCUT2D eigenvalue weighted by atomic mass is 9.75. The summed E-state index contributed by atoms with van der Waals surface area (Å²) in [6.07, 6.45) is 1.13. The maximum atomic E-state index is 13.0. The Morgan fingerprint density at radius 1 is 0.933 bits per heavy atom. The van der Waals surface area contributed by atoms with Crippen LogP contribution in [0, 0.1) is 12.3 Å². The number of nitrogens with zero attached hydrogens (tertiary/aromatic N) is 2. The number of nitrogens with one attached hydrogen (secondary N) is 2. The molecule has 2 aromatic carbocycles. The SMILES string of the molecule is Cc1cccc(Nc2nc3c(c(Nc4cc(Cl)cc(Cl)c4)n2)C(=O)CC(C)(C)C3)c1. The van der Waals surface area contributed by atoms with E-state index < -0.39 is 0 Å². The highest BCUT2D eigenvalue weighted by Crippen LogP contribution is 2.38. The largest absolute Gasteiger partial charge is 0.339 e. The average Bonchev–Trinajstić information content (AvgIpc) is 2.59. The van der Waals surface area contributed by atoms with Gasteiger partial charge in [-0.25, -0.2) is 4.98 Å². The van der Waals surface area contributed by atoms with Crippen molar-refractivity contribution >= 4 is 52.1 Å². The Labute approximate surface area is 185 Å². The van der Waals surface area contributed by atoms with Crippen molar-refractivity contribution in [3.05, 3.63) is 69.3 Å². The lowest BCUT2D eigenvalue weighted by Gasteiger charge is -2.30. The van der Waals surface area contributed by atoms with Crippen molar-refractivity contribution in [3.8, 4) is 0 Å². The van der Waals surface area contributed by atoms with E-state index in [0.29, 0.717) is 45.9 Å². The number of halogens is 2. The van der Waals surface area contributed by atoms with Crippen molar-refractivity contribution in [2.24, 2.45) is 5.41 Å². The summed E-state index contributed by atoms with van der Waals surface area (Å²) in [5, 5.41) is 7.49. The maximum Gasteiger partial charge on any atom is 0.229 e. The molecule has 1 heterocycles. The zero-order valence-corrected chi connectivity index (χ0v) is 18.5. The van der Waals surface area contributed by atoms with E-state index in [1.54, 1.807) is 18.2 Å². The number of aryl methyl sites for hydroxylation is 1. The standard InChI is InChI=1S/C23H22Cl2N4O/c1-13-5-4-6-16(7-13)27-22-28-18-11-23(2,3)12-19(30)20(18)21(29-22)26-17-9-14(24)8-15(25)10-17/h4-10H,11-12H2,1-3H3,(H2,26,27,28,29). The van der Waals surface area contributed by atoms with Crippen LogP contribution in [-0.4, -0.2) is 15.8 Å². The summed E-state index contributed by atoms with van der Waals surface area (Å²) in [6, 6.07) is 13.1. The zero-order chi connectivity index (χ0) is 21.5. The number of anilines is 4. The summed E-state index contributed by atoms with van der Waals surface area (Å²) in [4.78, 5) is 22.3. The summed E-state index contributed by atoms with van der Waals surface area (Å²) in [7, 11) is 0. The number of ketones is 1. The molecule has 0 saturated heterocycles. The Morgan fingerprint density at radius 3 is 2.37 bits per heavy atom. The van der Waals surface area contributed by atoms with Crippen LogP contribution in [0.1, 0.15) is 41.9 Å². The van der Waals surface area contributed by atoms with Crippen LogP contribution in [0.25, 0.3) is 0 Å². The summed E-state index contributed by atoms with van der Waals surface area (Å²) in [5.74, 6) is 0.911. The highest BCUT2D eigenvalue weighted by atomic mass is 35.5. The predicted molar refractivity (Wildman–Crippen MR) is 123 cm³/mol. The number of hydrogen-bond donors (Lipinski definition) is 2. The van der Waals surface area contributed by atoms with E-state index >= 15 is 0 Å². The minimum absolute atomic E-state index is 0.0268. The molecule has 0 spiro atoms. The second-order valence-electron chi connectivity index (χ2n) is 8.44. The van der Waals surface area contributed by atoms with Crippen LogP contribution in [0.15, 0.2) is 42.5 Å². The fourth-order valence-electron chi connectivity index (χ4n) is 3.73. The Morgan fingerprint density at radius 2 is 1.67 bits per heavy atom. The number of fused-ring (bicyclic) bond motifs is 1. The number of Topliss-reactive ketones (excluding diaryl/α,β-unsaturated/α-hetero) is 1. The molecule has 0 bridgehead atoms. The third kappa shape index (κ3) is 4.58. The molecule has 0 atom stereocenters. The molecule has 1 aromatic heterocycles. The Bertz CT molecular complexity index is 1120. The quantitative estimate of drug-likeness (QED) is 0.470. The minimum Gasteiger partial charge on any atom is -0.339 e. The number of carbonyl (C=O) groups is 1. The molecule has 1 aliphatic carbocycles. The van der Waals surface area contributed by atoms with Gasteiger partial charge in [0.25, 0.3) is 0 Å². The van der Waals surface area contributed by atoms with Gasteiger partial charge in [-0.1, -0.05) is 49.2 Å². The van der Waals surface area contributed by atoms with Gasteiger partial charge in [0.15, 0.2) is 5.78 Å². The fourth-order valence-corrected chi connectivity index (χ4v) is 4.25. The van der Waals surface area contributed by atoms with E-state index in [1.165, 1.54) is 0 Å².